The Balaban J connectivity index is 2.15. The maximum absolute atomic E-state index is 12.9. The van der Waals surface area contributed by atoms with Crippen molar-refractivity contribution in [2.45, 2.75) is 47.1 Å². The number of nitrogens with zero attached hydrogens (tertiary/aromatic N) is 3. The van der Waals surface area contributed by atoms with Gasteiger partial charge in [0.2, 0.25) is 0 Å². The molecule has 0 radical (unpaired) electrons. The number of hydrogen-bond donors (Lipinski definition) is 0. The minimum atomic E-state index is 0.126. The Kier molecular flexibility index (Phi) is 5.59. The molecule has 0 saturated heterocycles. The van der Waals surface area contributed by atoms with Crippen LogP contribution in [0.15, 0.2) is 30.6 Å². The van der Waals surface area contributed by atoms with E-state index in [1.165, 1.54) is 5.56 Å². The Morgan fingerprint density at radius 3 is 2.43 bits per heavy atom. The molecule has 0 aliphatic carbocycles. The van der Waals surface area contributed by atoms with E-state index in [1.807, 2.05) is 36.9 Å². The molecule has 0 bridgehead atoms. The average Bonchev–Trinajstić information content (AvgIpc) is 2.83. The van der Waals surface area contributed by atoms with Gasteiger partial charge in [0.25, 0.3) is 5.91 Å². The van der Waals surface area contributed by atoms with Crippen LogP contribution < -0.4 is 0 Å². The molecule has 0 saturated carbocycles. The van der Waals surface area contributed by atoms with Gasteiger partial charge in [-0.25, -0.2) is 0 Å². The third-order valence-electron chi connectivity index (χ3n) is 4.32. The monoisotopic (exact) mass is 313 g/mol. The number of amides is 1. The highest BCUT2D eigenvalue weighted by molar-refractivity contribution is 5.95. The normalized spacial score (nSPS) is 11.0. The van der Waals surface area contributed by atoms with Gasteiger partial charge in [-0.05, 0) is 64.8 Å². The van der Waals surface area contributed by atoms with E-state index in [-0.39, 0.29) is 5.91 Å². The number of carbonyl (C=O) groups excluding carboxylic acids is 1. The SMILES string of the molecule is CCN(CCc1ccncc1)C(=O)c1cc(C)n(C(C)C)c1C. The standard InChI is InChI=1S/C19H27N3O/c1-6-21(12-9-17-7-10-20-11-8-17)19(23)18-13-15(4)22(14(2)3)16(18)5/h7-8,10-11,13-14H,6,9,12H2,1-5H3. The molecule has 23 heavy (non-hydrogen) atoms. The molecule has 2 aromatic heterocycles. The van der Waals surface area contributed by atoms with Crippen LogP contribution in [0.5, 0.6) is 0 Å². The van der Waals surface area contributed by atoms with Gasteiger partial charge in [0.05, 0.1) is 5.56 Å². The molecule has 0 aliphatic heterocycles. The largest absolute Gasteiger partial charge is 0.346 e. The van der Waals surface area contributed by atoms with Gasteiger partial charge >= 0.3 is 0 Å². The summed E-state index contributed by atoms with van der Waals surface area (Å²) in [6, 6.07) is 6.39. The van der Waals surface area contributed by atoms with Crippen molar-refractivity contribution in [3.8, 4) is 0 Å². The van der Waals surface area contributed by atoms with Crippen LogP contribution in [0.4, 0.5) is 0 Å². The number of pyridine rings is 1. The summed E-state index contributed by atoms with van der Waals surface area (Å²) in [7, 11) is 0. The Morgan fingerprint density at radius 2 is 1.91 bits per heavy atom. The predicted octanol–water partition coefficient (Wildman–Crippen LogP) is 3.79. The highest BCUT2D eigenvalue weighted by Gasteiger charge is 2.21. The summed E-state index contributed by atoms with van der Waals surface area (Å²) in [5.41, 5.74) is 4.24. The van der Waals surface area contributed by atoms with Gasteiger partial charge in [-0.15, -0.1) is 0 Å². The van der Waals surface area contributed by atoms with Crippen LogP contribution in [0.25, 0.3) is 0 Å². The van der Waals surface area contributed by atoms with Crippen molar-refractivity contribution in [3.63, 3.8) is 0 Å². The molecule has 0 spiro atoms. The maximum atomic E-state index is 12.9. The van der Waals surface area contributed by atoms with Crippen LogP contribution in [0.1, 0.15) is 54.1 Å². The van der Waals surface area contributed by atoms with Crippen LogP contribution in [-0.4, -0.2) is 33.4 Å². The molecule has 0 aromatic carbocycles. The molecule has 124 valence electrons. The van der Waals surface area contributed by atoms with E-state index in [2.05, 4.69) is 30.3 Å². The third kappa shape index (κ3) is 3.81. The van der Waals surface area contributed by atoms with Crippen LogP contribution in [-0.2, 0) is 6.42 Å². The highest BCUT2D eigenvalue weighted by atomic mass is 16.2. The number of aryl methyl sites for hydroxylation is 1. The number of aromatic nitrogens is 2. The van der Waals surface area contributed by atoms with E-state index in [9.17, 15) is 4.79 Å². The van der Waals surface area contributed by atoms with Crippen molar-refractivity contribution in [3.05, 3.63) is 53.1 Å². The molecule has 2 rings (SSSR count). The van der Waals surface area contributed by atoms with Gasteiger partial charge < -0.3 is 9.47 Å². The van der Waals surface area contributed by atoms with Gasteiger partial charge in [-0.1, -0.05) is 0 Å². The average molecular weight is 313 g/mol. The summed E-state index contributed by atoms with van der Waals surface area (Å²) >= 11 is 0. The lowest BCUT2D eigenvalue weighted by Gasteiger charge is -2.21. The van der Waals surface area contributed by atoms with Gasteiger partial charge in [0, 0.05) is 42.9 Å². The van der Waals surface area contributed by atoms with Crippen molar-refractivity contribution in [2.75, 3.05) is 13.1 Å². The molecule has 0 unspecified atom stereocenters. The van der Waals surface area contributed by atoms with E-state index < -0.39 is 0 Å². The zero-order valence-electron chi connectivity index (χ0n) is 14.8. The van der Waals surface area contributed by atoms with Gasteiger partial charge in [-0.2, -0.15) is 0 Å². The van der Waals surface area contributed by atoms with Crippen molar-refractivity contribution in [2.24, 2.45) is 0 Å². The number of hydrogen-bond acceptors (Lipinski definition) is 2. The Bertz CT molecular complexity index is 659. The Hall–Kier alpha value is -2.10. The van der Waals surface area contributed by atoms with Crippen molar-refractivity contribution >= 4 is 5.91 Å². The summed E-state index contributed by atoms with van der Waals surface area (Å²) < 4.78 is 2.23. The first-order valence-corrected chi connectivity index (χ1v) is 8.32. The topological polar surface area (TPSA) is 38.1 Å². The molecule has 4 nitrogen and oxygen atoms in total. The van der Waals surface area contributed by atoms with Crippen LogP contribution in [0.2, 0.25) is 0 Å². The van der Waals surface area contributed by atoms with Crippen LogP contribution in [0.3, 0.4) is 0 Å². The molecule has 0 atom stereocenters. The molecule has 1 amide bonds. The molecule has 4 heteroatoms. The minimum Gasteiger partial charge on any atom is -0.346 e. The maximum Gasteiger partial charge on any atom is 0.255 e. The quantitative estimate of drug-likeness (QED) is 0.814. The first-order valence-electron chi connectivity index (χ1n) is 8.32. The number of likely N-dealkylation sites (N-methyl/N-ethyl adjacent to an activating group) is 1. The fourth-order valence-electron chi connectivity index (χ4n) is 3.18. The summed E-state index contributed by atoms with van der Waals surface area (Å²) in [5, 5.41) is 0. The van der Waals surface area contributed by atoms with Crippen LogP contribution in [0, 0.1) is 13.8 Å². The summed E-state index contributed by atoms with van der Waals surface area (Å²) in [6.45, 7) is 11.9. The first kappa shape index (κ1) is 17.3. The first-order chi connectivity index (χ1) is 11.0. The highest BCUT2D eigenvalue weighted by Crippen LogP contribution is 2.21. The summed E-state index contributed by atoms with van der Waals surface area (Å²) in [4.78, 5) is 18.9. The molecule has 2 heterocycles. The molecule has 0 aliphatic rings. The van der Waals surface area contributed by atoms with Gasteiger partial charge in [0.1, 0.15) is 0 Å². The fraction of sp³-hybridized carbons (Fsp3) is 0.474. The molecule has 0 N–H and O–H groups in total. The van der Waals surface area contributed by atoms with E-state index in [0.29, 0.717) is 6.04 Å². The zero-order chi connectivity index (χ0) is 17.0. The Labute approximate surface area is 139 Å². The molecular weight excluding hydrogens is 286 g/mol. The second-order valence-electron chi connectivity index (χ2n) is 6.24. The summed E-state index contributed by atoms with van der Waals surface area (Å²) in [6.07, 6.45) is 4.44. The Morgan fingerprint density at radius 1 is 1.26 bits per heavy atom. The molecule has 2 aromatic rings. The van der Waals surface area contributed by atoms with Gasteiger partial charge in [-0.3, -0.25) is 9.78 Å². The lowest BCUT2D eigenvalue weighted by Crippen LogP contribution is -2.33. The third-order valence-corrected chi connectivity index (χ3v) is 4.32. The van der Waals surface area contributed by atoms with E-state index >= 15 is 0 Å². The van der Waals surface area contributed by atoms with Crippen molar-refractivity contribution in [1.82, 2.24) is 14.5 Å². The van der Waals surface area contributed by atoms with Gasteiger partial charge in [0.15, 0.2) is 0 Å². The predicted molar refractivity (Wildman–Crippen MR) is 93.8 cm³/mol. The second kappa shape index (κ2) is 7.44. The fourth-order valence-corrected chi connectivity index (χ4v) is 3.18. The molecule has 0 fully saturated rings. The molecular formula is C19H27N3O. The van der Waals surface area contributed by atoms with Crippen molar-refractivity contribution in [1.29, 1.82) is 0 Å². The second-order valence-corrected chi connectivity index (χ2v) is 6.24. The lowest BCUT2D eigenvalue weighted by molar-refractivity contribution is 0.0765. The van der Waals surface area contributed by atoms with Crippen LogP contribution >= 0.6 is 0 Å². The smallest absolute Gasteiger partial charge is 0.255 e. The van der Waals surface area contributed by atoms with E-state index in [0.717, 1.165) is 36.5 Å². The minimum absolute atomic E-state index is 0.126. The summed E-state index contributed by atoms with van der Waals surface area (Å²) in [5.74, 6) is 0.126. The van der Waals surface area contributed by atoms with E-state index in [4.69, 9.17) is 0 Å². The van der Waals surface area contributed by atoms with Crippen molar-refractivity contribution < 1.29 is 4.79 Å². The number of rotatable bonds is 6. The lowest BCUT2D eigenvalue weighted by atomic mass is 10.1. The number of carbonyl (C=O) groups is 1. The zero-order valence-corrected chi connectivity index (χ0v) is 14.8. The van der Waals surface area contributed by atoms with E-state index in [1.54, 1.807) is 12.4 Å².